The zero-order valence-electron chi connectivity index (χ0n) is 14.0. The molecule has 0 spiro atoms. The largest absolute Gasteiger partial charge is 0.417 e. The van der Waals surface area contributed by atoms with E-state index in [0.29, 0.717) is 11.4 Å². The lowest BCUT2D eigenvalue weighted by Crippen LogP contribution is -2.37. The molecule has 3 nitrogen and oxygen atoms in total. The van der Waals surface area contributed by atoms with Crippen LogP contribution in [0.1, 0.15) is 23.1 Å². The second kappa shape index (κ2) is 7.60. The van der Waals surface area contributed by atoms with E-state index >= 15 is 0 Å². The minimum atomic E-state index is -4.78. The number of rotatable bonds is 2. The van der Waals surface area contributed by atoms with E-state index in [9.17, 15) is 22.8 Å². The van der Waals surface area contributed by atoms with Crippen LogP contribution in [0.3, 0.4) is 0 Å². The van der Waals surface area contributed by atoms with Crippen LogP contribution < -0.4 is 0 Å². The Morgan fingerprint density at radius 1 is 1.11 bits per heavy atom. The standard InChI is InChI=1S/C19H15ClF4N2O/c20-15-6-2-1-4-13(15)12-8-10-26(11-9-12)18(25-27)17-14(19(22,23)24)5-3-7-16(17)21/h1-8,27H,9-11H2/b25-18+. The first-order valence-corrected chi connectivity index (χ1v) is 8.47. The summed E-state index contributed by atoms with van der Waals surface area (Å²) >= 11 is 6.18. The van der Waals surface area contributed by atoms with Gasteiger partial charge in [0.15, 0.2) is 5.84 Å². The van der Waals surface area contributed by atoms with Crippen molar-refractivity contribution in [2.45, 2.75) is 12.6 Å². The molecule has 27 heavy (non-hydrogen) atoms. The van der Waals surface area contributed by atoms with Gasteiger partial charge in [0, 0.05) is 18.1 Å². The summed E-state index contributed by atoms with van der Waals surface area (Å²) in [6.07, 6.45) is -2.54. The molecule has 0 aliphatic carbocycles. The minimum absolute atomic E-state index is 0.158. The fraction of sp³-hybridized carbons (Fsp3) is 0.211. The molecule has 0 aromatic heterocycles. The van der Waals surface area contributed by atoms with Gasteiger partial charge >= 0.3 is 6.18 Å². The SMILES string of the molecule is O/N=C(\c1c(F)cccc1C(F)(F)F)N1CC=C(c2ccccc2Cl)CC1. The van der Waals surface area contributed by atoms with E-state index in [2.05, 4.69) is 5.16 Å². The highest BCUT2D eigenvalue weighted by molar-refractivity contribution is 6.32. The molecule has 0 radical (unpaired) electrons. The summed E-state index contributed by atoms with van der Waals surface area (Å²) in [5.41, 5.74) is -0.180. The lowest BCUT2D eigenvalue weighted by atomic mass is 9.98. The Balaban J connectivity index is 1.93. The summed E-state index contributed by atoms with van der Waals surface area (Å²) in [6, 6.07) is 9.88. The van der Waals surface area contributed by atoms with E-state index in [-0.39, 0.29) is 13.1 Å². The number of hydrogen-bond donors (Lipinski definition) is 1. The highest BCUT2D eigenvalue weighted by Crippen LogP contribution is 2.35. The second-order valence-corrected chi connectivity index (χ2v) is 6.40. The van der Waals surface area contributed by atoms with Crippen molar-refractivity contribution in [2.24, 2.45) is 5.16 Å². The Morgan fingerprint density at radius 3 is 2.44 bits per heavy atom. The molecule has 3 rings (SSSR count). The summed E-state index contributed by atoms with van der Waals surface area (Å²) in [7, 11) is 0. The van der Waals surface area contributed by atoms with Crippen LogP contribution in [0.5, 0.6) is 0 Å². The van der Waals surface area contributed by atoms with Crippen molar-refractivity contribution >= 4 is 23.0 Å². The van der Waals surface area contributed by atoms with Gasteiger partial charge < -0.3 is 10.1 Å². The van der Waals surface area contributed by atoms with Gasteiger partial charge in [-0.05, 0) is 35.8 Å². The maximum absolute atomic E-state index is 14.2. The van der Waals surface area contributed by atoms with Gasteiger partial charge in [0.1, 0.15) is 5.82 Å². The van der Waals surface area contributed by atoms with Gasteiger partial charge in [-0.25, -0.2) is 4.39 Å². The van der Waals surface area contributed by atoms with Gasteiger partial charge in [-0.15, -0.1) is 0 Å². The topological polar surface area (TPSA) is 35.8 Å². The number of nitrogens with zero attached hydrogens (tertiary/aromatic N) is 2. The molecule has 0 saturated carbocycles. The molecule has 0 amide bonds. The van der Waals surface area contributed by atoms with Crippen molar-refractivity contribution in [1.82, 2.24) is 4.90 Å². The molecular weight excluding hydrogens is 384 g/mol. The predicted molar refractivity (Wildman–Crippen MR) is 95.3 cm³/mol. The molecule has 0 unspecified atom stereocenters. The molecule has 1 N–H and O–H groups in total. The van der Waals surface area contributed by atoms with Crippen molar-refractivity contribution < 1.29 is 22.8 Å². The molecular formula is C19H15ClF4N2O. The average molecular weight is 399 g/mol. The van der Waals surface area contributed by atoms with Gasteiger partial charge in [0.2, 0.25) is 0 Å². The maximum atomic E-state index is 14.2. The normalized spacial score (nSPS) is 15.7. The molecule has 0 bridgehead atoms. The Kier molecular flexibility index (Phi) is 5.41. The highest BCUT2D eigenvalue weighted by atomic mass is 35.5. The van der Waals surface area contributed by atoms with E-state index in [0.717, 1.165) is 29.3 Å². The van der Waals surface area contributed by atoms with Gasteiger partial charge in [-0.1, -0.05) is 47.1 Å². The Bertz CT molecular complexity index is 909. The number of oxime groups is 1. The Hall–Kier alpha value is -2.54. The summed E-state index contributed by atoms with van der Waals surface area (Å²) in [6.45, 7) is 0.410. The van der Waals surface area contributed by atoms with Crippen LogP contribution in [0.15, 0.2) is 53.7 Å². The molecule has 1 heterocycles. The Morgan fingerprint density at radius 2 is 1.85 bits per heavy atom. The summed E-state index contributed by atoms with van der Waals surface area (Å²) in [5.74, 6) is -1.55. The third-order valence-electron chi connectivity index (χ3n) is 4.37. The molecule has 1 aliphatic heterocycles. The van der Waals surface area contributed by atoms with Crippen molar-refractivity contribution in [3.8, 4) is 0 Å². The summed E-state index contributed by atoms with van der Waals surface area (Å²) in [4.78, 5) is 1.40. The van der Waals surface area contributed by atoms with Crippen molar-refractivity contribution in [2.75, 3.05) is 13.1 Å². The Labute approximate surface area is 158 Å². The smallest absolute Gasteiger partial charge is 0.409 e. The van der Waals surface area contributed by atoms with E-state index in [4.69, 9.17) is 11.6 Å². The number of benzene rings is 2. The monoisotopic (exact) mass is 398 g/mol. The highest BCUT2D eigenvalue weighted by Gasteiger charge is 2.37. The predicted octanol–water partition coefficient (Wildman–Crippen LogP) is 5.42. The van der Waals surface area contributed by atoms with E-state index < -0.39 is 29.0 Å². The molecule has 2 aromatic carbocycles. The number of amidine groups is 1. The zero-order chi connectivity index (χ0) is 19.6. The van der Waals surface area contributed by atoms with Crippen LogP contribution in [0.2, 0.25) is 5.02 Å². The van der Waals surface area contributed by atoms with Gasteiger partial charge in [0.05, 0.1) is 11.1 Å². The van der Waals surface area contributed by atoms with Crippen LogP contribution in [0.4, 0.5) is 17.6 Å². The van der Waals surface area contributed by atoms with E-state index in [1.165, 1.54) is 4.90 Å². The molecule has 1 aliphatic rings. The first-order chi connectivity index (χ1) is 12.8. The third kappa shape index (κ3) is 3.93. The number of alkyl halides is 3. The van der Waals surface area contributed by atoms with Crippen LogP contribution >= 0.6 is 11.6 Å². The van der Waals surface area contributed by atoms with Crippen molar-refractivity contribution in [3.63, 3.8) is 0 Å². The molecule has 2 aromatic rings. The molecule has 8 heteroatoms. The fourth-order valence-electron chi connectivity index (χ4n) is 3.09. The van der Waals surface area contributed by atoms with Crippen LogP contribution in [0, 0.1) is 5.82 Å². The third-order valence-corrected chi connectivity index (χ3v) is 4.70. The van der Waals surface area contributed by atoms with Crippen molar-refractivity contribution in [3.05, 3.63) is 76.1 Å². The van der Waals surface area contributed by atoms with Gasteiger partial charge in [-0.3, -0.25) is 0 Å². The minimum Gasteiger partial charge on any atom is -0.409 e. The molecule has 0 fully saturated rings. The van der Waals surface area contributed by atoms with Gasteiger partial charge in [0.25, 0.3) is 0 Å². The van der Waals surface area contributed by atoms with Crippen LogP contribution in [0.25, 0.3) is 5.57 Å². The van der Waals surface area contributed by atoms with Crippen molar-refractivity contribution in [1.29, 1.82) is 0 Å². The van der Waals surface area contributed by atoms with E-state index in [1.807, 2.05) is 12.1 Å². The van der Waals surface area contributed by atoms with E-state index in [1.54, 1.807) is 18.2 Å². The summed E-state index contributed by atoms with van der Waals surface area (Å²) < 4.78 is 54.0. The average Bonchev–Trinajstić information content (AvgIpc) is 2.64. The number of hydrogen-bond acceptors (Lipinski definition) is 2. The van der Waals surface area contributed by atoms with Crippen LogP contribution in [-0.4, -0.2) is 29.0 Å². The lowest BCUT2D eigenvalue weighted by molar-refractivity contribution is -0.138. The van der Waals surface area contributed by atoms with Gasteiger partial charge in [-0.2, -0.15) is 13.2 Å². The fourth-order valence-corrected chi connectivity index (χ4v) is 3.34. The first kappa shape index (κ1) is 19.2. The maximum Gasteiger partial charge on any atom is 0.417 e. The second-order valence-electron chi connectivity index (χ2n) is 5.99. The lowest BCUT2D eigenvalue weighted by Gasteiger charge is -2.30. The quantitative estimate of drug-likeness (QED) is 0.241. The zero-order valence-corrected chi connectivity index (χ0v) is 14.7. The summed E-state index contributed by atoms with van der Waals surface area (Å²) in [5, 5.41) is 12.9. The molecule has 0 atom stereocenters. The molecule has 0 saturated heterocycles. The number of halogens is 5. The first-order valence-electron chi connectivity index (χ1n) is 8.10. The molecule has 142 valence electrons. The van der Waals surface area contributed by atoms with Crippen LogP contribution in [-0.2, 0) is 6.18 Å².